The second kappa shape index (κ2) is 13.7. The molecule has 10 nitrogen and oxygen atoms in total. The third kappa shape index (κ3) is 7.46. The summed E-state index contributed by atoms with van der Waals surface area (Å²) in [6, 6.07) is 14.4. The van der Waals surface area contributed by atoms with Crippen molar-refractivity contribution in [2.24, 2.45) is 0 Å². The monoisotopic (exact) mass is 601 g/mol. The largest absolute Gasteiger partial charge is 0.489 e. The number of nitro benzene ring substituents is 1. The number of ether oxygens (including phenoxy) is 1. The summed E-state index contributed by atoms with van der Waals surface area (Å²) in [7, 11) is 0. The average Bonchev–Trinajstić information content (AvgIpc) is 2.96. The van der Waals surface area contributed by atoms with E-state index in [1.807, 2.05) is 4.90 Å². The number of nitro groups is 1. The lowest BCUT2D eigenvalue weighted by atomic mass is 10.0. The summed E-state index contributed by atoms with van der Waals surface area (Å²) >= 11 is 12.4. The minimum Gasteiger partial charge on any atom is -0.489 e. The molecule has 3 aromatic carbocycles. The lowest BCUT2D eigenvalue weighted by molar-refractivity contribution is -0.385. The van der Waals surface area contributed by atoms with E-state index in [9.17, 15) is 29.9 Å². The molecule has 1 fully saturated rings. The lowest BCUT2D eigenvalue weighted by Crippen LogP contribution is -2.43. The number of anilines is 1. The molecule has 4 rings (SSSR count). The quantitative estimate of drug-likeness (QED) is 0.199. The molecule has 41 heavy (non-hydrogen) atoms. The van der Waals surface area contributed by atoms with E-state index in [1.165, 1.54) is 12.1 Å². The van der Waals surface area contributed by atoms with Crippen molar-refractivity contribution >= 4 is 46.5 Å². The fourth-order valence-corrected chi connectivity index (χ4v) is 5.30. The number of piperidine rings is 1. The van der Waals surface area contributed by atoms with Crippen LogP contribution in [0, 0.1) is 10.1 Å². The first-order valence-corrected chi connectivity index (χ1v) is 13.8. The number of hydrogen-bond acceptors (Lipinski definition) is 7. The van der Waals surface area contributed by atoms with Crippen molar-refractivity contribution < 1.29 is 29.5 Å². The van der Waals surface area contributed by atoms with Crippen LogP contribution in [0.15, 0.2) is 60.7 Å². The highest BCUT2D eigenvalue weighted by Gasteiger charge is 2.29. The van der Waals surface area contributed by atoms with Crippen LogP contribution in [0.5, 0.6) is 5.75 Å². The number of aliphatic carboxylic acids is 1. The van der Waals surface area contributed by atoms with Crippen molar-refractivity contribution in [3.8, 4) is 5.75 Å². The van der Waals surface area contributed by atoms with Crippen LogP contribution in [-0.2, 0) is 17.8 Å². The maximum Gasteiger partial charge on any atom is 0.326 e. The van der Waals surface area contributed by atoms with Crippen molar-refractivity contribution in [3.63, 3.8) is 0 Å². The number of benzene rings is 3. The topological polar surface area (TPSA) is 142 Å². The van der Waals surface area contributed by atoms with Crippen LogP contribution >= 0.6 is 23.2 Å². The number of carbonyl (C=O) groups is 2. The molecule has 12 heteroatoms. The molecule has 2 unspecified atom stereocenters. The predicted molar refractivity (Wildman–Crippen MR) is 155 cm³/mol. The van der Waals surface area contributed by atoms with Crippen LogP contribution in [0.3, 0.4) is 0 Å². The summed E-state index contributed by atoms with van der Waals surface area (Å²) in [6.45, 7) is 0.685. The highest BCUT2D eigenvalue weighted by molar-refractivity contribution is 6.35. The van der Waals surface area contributed by atoms with Gasteiger partial charge in [0.15, 0.2) is 0 Å². The predicted octanol–water partition coefficient (Wildman–Crippen LogP) is 5.26. The molecule has 0 aromatic heterocycles. The third-order valence-electron chi connectivity index (χ3n) is 7.00. The molecule has 1 heterocycles. The molecule has 2 atom stereocenters. The number of nitrogens with one attached hydrogen (secondary N) is 1. The summed E-state index contributed by atoms with van der Waals surface area (Å²) in [6.07, 6.45) is 2.52. The van der Waals surface area contributed by atoms with Gasteiger partial charge < -0.3 is 25.2 Å². The van der Waals surface area contributed by atoms with Crippen molar-refractivity contribution in [1.82, 2.24) is 5.32 Å². The zero-order valence-corrected chi connectivity index (χ0v) is 23.5. The van der Waals surface area contributed by atoms with Gasteiger partial charge in [-0.2, -0.15) is 0 Å². The molecular formula is C29H29Cl2N3O7. The minimum atomic E-state index is -1.35. The number of amides is 1. The van der Waals surface area contributed by atoms with Gasteiger partial charge in [-0.25, -0.2) is 4.79 Å². The van der Waals surface area contributed by atoms with E-state index in [1.54, 1.807) is 48.5 Å². The van der Waals surface area contributed by atoms with E-state index >= 15 is 0 Å². The number of halogens is 2. The SMILES string of the molecule is O=C(NC(Cc1ccc(OCc2c(Cl)cccc2Cl)cc1)C(=O)O)c1cc(N2CCCCC2CO)ccc1[N+](=O)[O-]. The van der Waals surface area contributed by atoms with E-state index in [4.69, 9.17) is 27.9 Å². The molecule has 0 radical (unpaired) electrons. The van der Waals surface area contributed by atoms with Crippen LogP contribution in [0.2, 0.25) is 10.0 Å². The Balaban J connectivity index is 1.47. The number of carbonyl (C=O) groups excluding carboxylic acids is 1. The fraction of sp³-hybridized carbons (Fsp3) is 0.310. The van der Waals surface area contributed by atoms with E-state index < -0.39 is 28.5 Å². The first kappa shape index (κ1) is 30.1. The van der Waals surface area contributed by atoms with Gasteiger partial charge in [0.05, 0.1) is 17.6 Å². The highest BCUT2D eigenvalue weighted by Crippen LogP contribution is 2.30. The number of nitrogens with zero attached hydrogens (tertiary/aromatic N) is 2. The van der Waals surface area contributed by atoms with Crippen LogP contribution < -0.4 is 15.0 Å². The van der Waals surface area contributed by atoms with Crippen molar-refractivity contribution in [1.29, 1.82) is 0 Å². The molecule has 1 aliphatic rings. The standard InChI is InChI=1S/C29H29Cl2N3O7/c30-24-5-3-6-25(31)23(24)17-41-21-10-7-18(8-11-21)14-26(29(37)38)32-28(36)22-15-19(9-12-27(22)34(39)40)33-13-2-1-4-20(33)16-35/h3,5-12,15,20,26,35H,1-2,4,13-14,16-17H2,(H,32,36)(H,37,38). The first-order valence-electron chi connectivity index (χ1n) is 13.0. The van der Waals surface area contributed by atoms with Gasteiger partial charge in [0.25, 0.3) is 11.6 Å². The second-order valence-corrected chi connectivity index (χ2v) is 10.5. The Hall–Kier alpha value is -3.86. The molecular weight excluding hydrogens is 573 g/mol. The Morgan fingerprint density at radius 2 is 1.80 bits per heavy atom. The van der Waals surface area contributed by atoms with Gasteiger partial charge >= 0.3 is 5.97 Å². The average molecular weight is 602 g/mol. The summed E-state index contributed by atoms with van der Waals surface area (Å²) < 4.78 is 5.76. The summed E-state index contributed by atoms with van der Waals surface area (Å²) in [5, 5.41) is 34.7. The lowest BCUT2D eigenvalue weighted by Gasteiger charge is -2.36. The molecule has 216 valence electrons. The van der Waals surface area contributed by atoms with Crippen LogP contribution in [0.1, 0.15) is 40.7 Å². The van der Waals surface area contributed by atoms with E-state index in [0.29, 0.717) is 39.2 Å². The van der Waals surface area contributed by atoms with Gasteiger partial charge in [0, 0.05) is 40.3 Å². The van der Waals surface area contributed by atoms with Gasteiger partial charge in [-0.05, 0) is 61.2 Å². The van der Waals surface area contributed by atoms with Crippen LogP contribution in [0.4, 0.5) is 11.4 Å². The maximum absolute atomic E-state index is 13.2. The van der Waals surface area contributed by atoms with Gasteiger partial charge in [-0.1, -0.05) is 41.4 Å². The first-order chi connectivity index (χ1) is 19.7. The van der Waals surface area contributed by atoms with Gasteiger partial charge in [0.1, 0.15) is 24.0 Å². The maximum atomic E-state index is 13.2. The van der Waals surface area contributed by atoms with Crippen LogP contribution in [0.25, 0.3) is 0 Å². The second-order valence-electron chi connectivity index (χ2n) is 9.69. The van der Waals surface area contributed by atoms with Crippen molar-refractivity contribution in [2.45, 2.75) is 44.4 Å². The molecule has 1 saturated heterocycles. The molecule has 1 amide bonds. The van der Waals surface area contributed by atoms with Crippen molar-refractivity contribution in [2.75, 3.05) is 18.1 Å². The number of hydrogen-bond donors (Lipinski definition) is 3. The zero-order chi connectivity index (χ0) is 29.5. The Morgan fingerprint density at radius 3 is 2.44 bits per heavy atom. The molecule has 3 N–H and O–H groups in total. The molecule has 3 aromatic rings. The van der Waals surface area contributed by atoms with E-state index in [2.05, 4.69) is 5.32 Å². The minimum absolute atomic E-state index is 0.0656. The fourth-order valence-electron chi connectivity index (χ4n) is 4.79. The van der Waals surface area contributed by atoms with E-state index in [0.717, 1.165) is 19.3 Å². The molecule has 0 bridgehead atoms. The molecule has 1 aliphatic heterocycles. The number of carboxylic acids is 1. The Morgan fingerprint density at radius 1 is 1.10 bits per heavy atom. The Kier molecular flexibility index (Phi) is 10.0. The van der Waals surface area contributed by atoms with Gasteiger partial charge in [-0.15, -0.1) is 0 Å². The molecule has 0 saturated carbocycles. The third-order valence-corrected chi connectivity index (χ3v) is 7.71. The molecule has 0 aliphatic carbocycles. The van der Waals surface area contributed by atoms with Gasteiger partial charge in [0.2, 0.25) is 0 Å². The summed E-state index contributed by atoms with van der Waals surface area (Å²) in [5.74, 6) is -1.66. The van der Waals surface area contributed by atoms with Gasteiger partial charge in [-0.3, -0.25) is 14.9 Å². The number of rotatable bonds is 11. The normalized spacial score (nSPS) is 15.7. The Bertz CT molecular complexity index is 1400. The van der Waals surface area contributed by atoms with E-state index in [-0.39, 0.29) is 31.2 Å². The summed E-state index contributed by atoms with van der Waals surface area (Å²) in [4.78, 5) is 38.2. The smallest absolute Gasteiger partial charge is 0.326 e. The summed E-state index contributed by atoms with van der Waals surface area (Å²) in [5.41, 5.74) is 1.11. The van der Waals surface area contributed by atoms with Crippen LogP contribution in [-0.4, -0.2) is 52.2 Å². The number of aliphatic hydroxyl groups is 1. The zero-order valence-electron chi connectivity index (χ0n) is 22.0. The van der Waals surface area contributed by atoms with Crippen molar-refractivity contribution in [3.05, 3.63) is 97.5 Å². The highest BCUT2D eigenvalue weighted by atomic mass is 35.5. The Labute approximate surface area is 246 Å². The number of carboxylic acid groups (broad SMARTS) is 1. The molecule has 0 spiro atoms. The number of aliphatic hydroxyl groups excluding tert-OH is 1.